The summed E-state index contributed by atoms with van der Waals surface area (Å²) in [6, 6.07) is 9.75. The lowest BCUT2D eigenvalue weighted by atomic mass is 10.2. The van der Waals surface area contributed by atoms with Crippen molar-refractivity contribution < 1.29 is 4.39 Å². The van der Waals surface area contributed by atoms with Crippen molar-refractivity contribution in [3.8, 4) is 0 Å². The molecule has 0 aliphatic heterocycles. The predicted molar refractivity (Wildman–Crippen MR) is 68.8 cm³/mol. The molecule has 18 heavy (non-hydrogen) atoms. The van der Waals surface area contributed by atoms with Crippen LogP contribution in [-0.2, 0) is 13.1 Å². The minimum Gasteiger partial charge on any atom is -0.326 e. The minimum absolute atomic E-state index is 0.0816. The van der Waals surface area contributed by atoms with E-state index in [4.69, 9.17) is 5.73 Å². The topological polar surface area (TPSA) is 48.0 Å². The first-order valence-corrected chi connectivity index (χ1v) is 5.75. The number of nitrogens with two attached hydrogens (primary N) is 1. The van der Waals surface area contributed by atoms with Crippen LogP contribution in [0.4, 0.5) is 4.39 Å². The van der Waals surface area contributed by atoms with Crippen LogP contribution in [0.25, 0.3) is 0 Å². The van der Waals surface area contributed by atoms with Crippen molar-refractivity contribution in [3.05, 3.63) is 69.4 Å². The quantitative estimate of drug-likeness (QED) is 0.897. The van der Waals surface area contributed by atoms with Crippen LogP contribution < -0.4 is 11.3 Å². The van der Waals surface area contributed by atoms with Gasteiger partial charge in [0.15, 0.2) is 0 Å². The van der Waals surface area contributed by atoms with E-state index in [0.29, 0.717) is 12.1 Å². The molecule has 0 amide bonds. The Morgan fingerprint density at radius 2 is 1.83 bits per heavy atom. The highest BCUT2D eigenvalue weighted by molar-refractivity contribution is 5.20. The predicted octanol–water partition coefficient (Wildman–Crippen LogP) is 1.80. The van der Waals surface area contributed by atoms with Gasteiger partial charge in [0.05, 0.1) is 6.54 Å². The molecule has 0 fully saturated rings. The summed E-state index contributed by atoms with van der Waals surface area (Å²) < 4.78 is 14.5. The number of halogens is 1. The molecule has 0 spiro atoms. The molecule has 2 aromatic rings. The molecule has 0 saturated heterocycles. The SMILES string of the molecule is Cc1ccc(CN)c(=O)n1Cc1ccc(F)cc1. The Labute approximate surface area is 105 Å². The smallest absolute Gasteiger partial charge is 0.255 e. The van der Waals surface area contributed by atoms with Gasteiger partial charge in [-0.05, 0) is 30.7 Å². The maximum Gasteiger partial charge on any atom is 0.255 e. The summed E-state index contributed by atoms with van der Waals surface area (Å²) >= 11 is 0. The van der Waals surface area contributed by atoms with Crippen molar-refractivity contribution in [1.82, 2.24) is 4.57 Å². The van der Waals surface area contributed by atoms with Crippen molar-refractivity contribution in [1.29, 1.82) is 0 Å². The van der Waals surface area contributed by atoms with E-state index >= 15 is 0 Å². The number of nitrogens with zero attached hydrogens (tertiary/aromatic N) is 1. The van der Waals surface area contributed by atoms with E-state index in [0.717, 1.165) is 11.3 Å². The molecule has 0 saturated carbocycles. The molecule has 1 heterocycles. The van der Waals surface area contributed by atoms with E-state index in [-0.39, 0.29) is 17.9 Å². The van der Waals surface area contributed by atoms with Crippen LogP contribution in [0.15, 0.2) is 41.2 Å². The van der Waals surface area contributed by atoms with Gasteiger partial charge >= 0.3 is 0 Å². The molecule has 94 valence electrons. The molecular formula is C14H15FN2O. The molecular weight excluding hydrogens is 231 g/mol. The van der Waals surface area contributed by atoms with Crippen molar-refractivity contribution >= 4 is 0 Å². The van der Waals surface area contributed by atoms with Gasteiger partial charge in [0.1, 0.15) is 5.82 Å². The second-order valence-electron chi connectivity index (χ2n) is 4.22. The molecule has 2 N–H and O–H groups in total. The van der Waals surface area contributed by atoms with Crippen molar-refractivity contribution in [2.45, 2.75) is 20.0 Å². The average molecular weight is 246 g/mol. The summed E-state index contributed by atoms with van der Waals surface area (Å²) in [6.07, 6.45) is 0. The second kappa shape index (κ2) is 5.14. The Hall–Kier alpha value is -1.94. The van der Waals surface area contributed by atoms with Crippen LogP contribution >= 0.6 is 0 Å². The first kappa shape index (κ1) is 12.5. The van der Waals surface area contributed by atoms with Crippen molar-refractivity contribution in [2.75, 3.05) is 0 Å². The Kier molecular flexibility index (Phi) is 3.58. The monoisotopic (exact) mass is 246 g/mol. The number of benzene rings is 1. The molecule has 0 aliphatic rings. The summed E-state index contributed by atoms with van der Waals surface area (Å²) in [5, 5.41) is 0. The van der Waals surface area contributed by atoms with Crippen molar-refractivity contribution in [3.63, 3.8) is 0 Å². The normalized spacial score (nSPS) is 10.6. The number of pyridine rings is 1. The Bertz CT molecular complexity index is 602. The largest absolute Gasteiger partial charge is 0.326 e. The van der Waals surface area contributed by atoms with Gasteiger partial charge in [-0.1, -0.05) is 18.2 Å². The zero-order chi connectivity index (χ0) is 13.1. The van der Waals surface area contributed by atoms with Crippen LogP contribution in [0.1, 0.15) is 16.8 Å². The lowest BCUT2D eigenvalue weighted by molar-refractivity contribution is 0.625. The van der Waals surface area contributed by atoms with Crippen LogP contribution in [0.5, 0.6) is 0 Å². The van der Waals surface area contributed by atoms with E-state index in [1.54, 1.807) is 22.8 Å². The molecule has 0 radical (unpaired) electrons. The molecule has 0 bridgehead atoms. The van der Waals surface area contributed by atoms with Gasteiger partial charge in [0.25, 0.3) is 5.56 Å². The maximum absolute atomic E-state index is 12.8. The summed E-state index contributed by atoms with van der Waals surface area (Å²) in [6.45, 7) is 2.52. The molecule has 0 aliphatic carbocycles. The second-order valence-corrected chi connectivity index (χ2v) is 4.22. The van der Waals surface area contributed by atoms with E-state index in [1.165, 1.54) is 12.1 Å². The third kappa shape index (κ3) is 2.49. The average Bonchev–Trinajstić information content (AvgIpc) is 2.37. The van der Waals surface area contributed by atoms with Gasteiger partial charge in [-0.3, -0.25) is 4.79 Å². The highest BCUT2D eigenvalue weighted by Crippen LogP contribution is 2.06. The fraction of sp³-hybridized carbons (Fsp3) is 0.214. The number of aromatic nitrogens is 1. The summed E-state index contributed by atoms with van der Waals surface area (Å²) in [4.78, 5) is 12.1. The van der Waals surface area contributed by atoms with Gasteiger partial charge in [-0.15, -0.1) is 0 Å². The molecule has 1 aromatic heterocycles. The fourth-order valence-electron chi connectivity index (χ4n) is 1.84. The molecule has 3 nitrogen and oxygen atoms in total. The molecule has 1 aromatic carbocycles. The summed E-state index contributed by atoms with van der Waals surface area (Å²) in [5.41, 5.74) is 7.77. The van der Waals surface area contributed by atoms with Gasteiger partial charge in [-0.25, -0.2) is 4.39 Å². The van der Waals surface area contributed by atoms with Crippen LogP contribution in [-0.4, -0.2) is 4.57 Å². The summed E-state index contributed by atoms with van der Waals surface area (Å²) in [5.74, 6) is -0.279. The zero-order valence-corrected chi connectivity index (χ0v) is 10.2. The Morgan fingerprint density at radius 3 is 2.44 bits per heavy atom. The Morgan fingerprint density at radius 1 is 1.17 bits per heavy atom. The van der Waals surface area contributed by atoms with E-state index in [9.17, 15) is 9.18 Å². The highest BCUT2D eigenvalue weighted by atomic mass is 19.1. The number of aryl methyl sites for hydroxylation is 1. The molecule has 4 heteroatoms. The van der Waals surface area contributed by atoms with E-state index in [2.05, 4.69) is 0 Å². The number of hydrogen-bond acceptors (Lipinski definition) is 2. The van der Waals surface area contributed by atoms with Crippen molar-refractivity contribution in [2.24, 2.45) is 5.73 Å². The van der Waals surface area contributed by atoms with Gasteiger partial charge in [0, 0.05) is 17.8 Å². The standard InChI is InChI=1S/C14H15FN2O/c1-10-2-5-12(8-16)14(18)17(10)9-11-3-6-13(15)7-4-11/h2-7H,8-9,16H2,1H3. The van der Waals surface area contributed by atoms with E-state index < -0.39 is 0 Å². The van der Waals surface area contributed by atoms with Crippen LogP contribution in [0.2, 0.25) is 0 Å². The fourth-order valence-corrected chi connectivity index (χ4v) is 1.84. The third-order valence-electron chi connectivity index (χ3n) is 2.95. The van der Waals surface area contributed by atoms with Crippen LogP contribution in [0.3, 0.4) is 0 Å². The van der Waals surface area contributed by atoms with Gasteiger partial charge in [0.2, 0.25) is 0 Å². The van der Waals surface area contributed by atoms with Crippen LogP contribution in [0, 0.1) is 12.7 Å². The lowest BCUT2D eigenvalue weighted by Crippen LogP contribution is -2.27. The minimum atomic E-state index is -0.279. The zero-order valence-electron chi connectivity index (χ0n) is 10.2. The van der Waals surface area contributed by atoms with Gasteiger partial charge in [-0.2, -0.15) is 0 Å². The van der Waals surface area contributed by atoms with E-state index in [1.807, 2.05) is 13.0 Å². The molecule has 0 unspecified atom stereocenters. The lowest BCUT2D eigenvalue weighted by Gasteiger charge is -2.11. The first-order valence-electron chi connectivity index (χ1n) is 5.75. The number of hydrogen-bond donors (Lipinski definition) is 1. The molecule has 0 atom stereocenters. The summed E-state index contributed by atoms with van der Waals surface area (Å²) in [7, 11) is 0. The number of rotatable bonds is 3. The maximum atomic E-state index is 12.8. The highest BCUT2D eigenvalue weighted by Gasteiger charge is 2.05. The molecule has 2 rings (SSSR count). The Balaban J connectivity index is 2.39. The first-order chi connectivity index (χ1) is 8.61. The third-order valence-corrected chi connectivity index (χ3v) is 2.95. The van der Waals surface area contributed by atoms with Gasteiger partial charge < -0.3 is 10.3 Å².